The molecule has 0 atom stereocenters. The number of carbonyl (C=O) groups excluding carboxylic acids is 1. The third-order valence-electron chi connectivity index (χ3n) is 4.77. The smallest absolute Gasteiger partial charge is 0.270 e. The predicted octanol–water partition coefficient (Wildman–Crippen LogP) is 7.44. The zero-order valence-corrected chi connectivity index (χ0v) is 23.0. The van der Waals surface area contributed by atoms with Gasteiger partial charge in [0.2, 0.25) is 0 Å². The number of nitrogens with zero attached hydrogens (tertiary/aromatic N) is 1. The van der Waals surface area contributed by atoms with Gasteiger partial charge in [-0.15, -0.1) is 0 Å². The van der Waals surface area contributed by atoms with Crippen LogP contribution in [0.2, 0.25) is 0 Å². The van der Waals surface area contributed by atoms with E-state index in [1.807, 2.05) is 79.7 Å². The molecule has 4 rings (SSSR count). The van der Waals surface area contributed by atoms with E-state index in [1.54, 1.807) is 4.90 Å². The zero-order valence-electron chi connectivity index (χ0n) is 17.6. The van der Waals surface area contributed by atoms with Gasteiger partial charge in [0.05, 0.1) is 17.2 Å². The maximum Gasteiger partial charge on any atom is 0.270 e. The summed E-state index contributed by atoms with van der Waals surface area (Å²) in [6, 6.07) is 21.4. The van der Waals surface area contributed by atoms with Gasteiger partial charge in [-0.2, -0.15) is 0 Å². The van der Waals surface area contributed by atoms with Gasteiger partial charge in [0.25, 0.3) is 5.91 Å². The van der Waals surface area contributed by atoms with E-state index in [2.05, 4.69) is 38.5 Å². The minimum Gasteiger partial charge on any atom is -0.490 e. The van der Waals surface area contributed by atoms with Crippen LogP contribution < -0.4 is 14.4 Å². The van der Waals surface area contributed by atoms with E-state index < -0.39 is 0 Å². The van der Waals surface area contributed by atoms with Gasteiger partial charge in [0, 0.05) is 8.04 Å². The summed E-state index contributed by atoms with van der Waals surface area (Å²) < 4.78 is 14.4. The zero-order chi connectivity index (χ0) is 23.4. The Bertz CT molecular complexity index is 1220. The predicted molar refractivity (Wildman–Crippen MR) is 151 cm³/mol. The molecule has 0 radical (unpaired) electrons. The van der Waals surface area contributed by atoms with Crippen molar-refractivity contribution in [3.63, 3.8) is 0 Å². The number of anilines is 1. The fourth-order valence-electron chi connectivity index (χ4n) is 3.19. The number of para-hydroxylation sites is 1. The molecule has 1 saturated heterocycles. The van der Waals surface area contributed by atoms with Gasteiger partial charge in [-0.3, -0.25) is 9.69 Å². The van der Waals surface area contributed by atoms with Crippen molar-refractivity contribution in [3.05, 3.63) is 90.8 Å². The van der Waals surface area contributed by atoms with Crippen LogP contribution in [0, 0.1) is 3.57 Å². The number of halogens is 2. The van der Waals surface area contributed by atoms with Crippen molar-refractivity contribution in [3.8, 4) is 11.5 Å². The molecule has 1 fully saturated rings. The molecule has 0 aromatic heterocycles. The first-order valence-corrected chi connectivity index (χ1v) is 13.2. The van der Waals surface area contributed by atoms with Gasteiger partial charge < -0.3 is 9.47 Å². The van der Waals surface area contributed by atoms with Gasteiger partial charge in [0.15, 0.2) is 15.8 Å². The van der Waals surface area contributed by atoms with E-state index in [0.29, 0.717) is 33.9 Å². The Labute approximate surface area is 224 Å². The number of ether oxygens (including phenoxy) is 2. The molecule has 0 spiro atoms. The third kappa shape index (κ3) is 5.79. The molecule has 8 heteroatoms. The number of carbonyl (C=O) groups is 1. The first-order chi connectivity index (χ1) is 16.0. The third-order valence-corrected chi connectivity index (χ3v) is 7.47. The molecule has 3 aromatic rings. The highest BCUT2D eigenvalue weighted by molar-refractivity contribution is 14.1. The van der Waals surface area contributed by atoms with Crippen LogP contribution >= 0.6 is 62.5 Å². The van der Waals surface area contributed by atoms with Crippen molar-refractivity contribution in [2.75, 3.05) is 11.5 Å². The lowest BCUT2D eigenvalue weighted by Crippen LogP contribution is -2.27. The van der Waals surface area contributed by atoms with Crippen LogP contribution in [0.1, 0.15) is 18.1 Å². The van der Waals surface area contributed by atoms with Crippen LogP contribution in [-0.2, 0) is 11.4 Å². The van der Waals surface area contributed by atoms with E-state index in [4.69, 9.17) is 21.7 Å². The van der Waals surface area contributed by atoms with Gasteiger partial charge >= 0.3 is 0 Å². The van der Waals surface area contributed by atoms with Crippen molar-refractivity contribution < 1.29 is 14.3 Å². The molecule has 1 aliphatic rings. The van der Waals surface area contributed by atoms with Gasteiger partial charge in [-0.05, 0) is 83.1 Å². The first-order valence-electron chi connectivity index (χ1n) is 10.1. The Morgan fingerprint density at radius 3 is 2.45 bits per heavy atom. The molecule has 1 heterocycles. The fourth-order valence-corrected chi connectivity index (χ4v) is 5.28. The second-order valence-corrected chi connectivity index (χ2v) is 10.8. The number of amides is 1. The van der Waals surface area contributed by atoms with Gasteiger partial charge in [-0.1, -0.05) is 70.2 Å². The van der Waals surface area contributed by atoms with Gasteiger partial charge in [-0.25, -0.2) is 0 Å². The number of hydrogen-bond donors (Lipinski definition) is 0. The van der Waals surface area contributed by atoms with Crippen LogP contribution in [0.3, 0.4) is 0 Å². The van der Waals surface area contributed by atoms with E-state index in [0.717, 1.165) is 21.3 Å². The van der Waals surface area contributed by atoms with E-state index >= 15 is 0 Å². The molecule has 0 N–H and O–H groups in total. The second kappa shape index (κ2) is 11.0. The number of rotatable bonds is 7. The molecule has 0 aliphatic carbocycles. The Balaban J connectivity index is 1.59. The Kier molecular flexibility index (Phi) is 8.11. The fraction of sp³-hybridized carbons (Fsp3) is 0.120. The summed E-state index contributed by atoms with van der Waals surface area (Å²) in [5, 5.41) is 0. The lowest BCUT2D eigenvalue weighted by Gasteiger charge is -2.15. The molecular weight excluding hydrogens is 633 g/mol. The van der Waals surface area contributed by atoms with Crippen molar-refractivity contribution in [1.29, 1.82) is 0 Å². The standard InChI is InChI=1S/C25H19BrINO3S2/c1-2-30-21-12-17(20(26)14-22(21)31-15-16-8-10-18(27)11-9-16)13-23-24(29)28(25(32)33-23)19-6-4-3-5-7-19/h3-14H,2,15H2,1H3/b23-13+. The monoisotopic (exact) mass is 651 g/mol. The van der Waals surface area contributed by atoms with Crippen molar-refractivity contribution in [2.45, 2.75) is 13.5 Å². The number of thiocarbonyl (C=S) groups is 1. The maximum atomic E-state index is 13.1. The summed E-state index contributed by atoms with van der Waals surface area (Å²) in [5.41, 5.74) is 2.65. The lowest BCUT2D eigenvalue weighted by atomic mass is 10.1. The van der Waals surface area contributed by atoms with Crippen LogP contribution in [0.5, 0.6) is 11.5 Å². The average Bonchev–Trinajstić information content (AvgIpc) is 3.09. The molecule has 168 valence electrons. The normalized spacial score (nSPS) is 14.8. The number of thioether (sulfide) groups is 1. The molecule has 0 saturated carbocycles. The van der Waals surface area contributed by atoms with Crippen molar-refractivity contribution in [2.24, 2.45) is 0 Å². The van der Waals surface area contributed by atoms with Gasteiger partial charge in [0.1, 0.15) is 6.61 Å². The quantitative estimate of drug-likeness (QED) is 0.151. The van der Waals surface area contributed by atoms with E-state index in [1.165, 1.54) is 15.3 Å². The minimum absolute atomic E-state index is 0.139. The van der Waals surface area contributed by atoms with E-state index in [9.17, 15) is 4.79 Å². The SMILES string of the molecule is CCOc1cc(/C=C2/SC(=S)N(c3ccccc3)C2=O)c(Br)cc1OCc1ccc(I)cc1. The summed E-state index contributed by atoms with van der Waals surface area (Å²) in [4.78, 5) is 15.2. The highest BCUT2D eigenvalue weighted by atomic mass is 127. The Morgan fingerprint density at radius 1 is 1.06 bits per heavy atom. The average molecular weight is 652 g/mol. The highest BCUT2D eigenvalue weighted by Crippen LogP contribution is 2.39. The summed E-state index contributed by atoms with van der Waals surface area (Å²) >= 11 is 12.7. The second-order valence-electron chi connectivity index (χ2n) is 7.02. The van der Waals surface area contributed by atoms with Crippen LogP contribution in [-0.4, -0.2) is 16.8 Å². The first kappa shape index (κ1) is 24.3. The van der Waals surface area contributed by atoms with Crippen LogP contribution in [0.15, 0.2) is 76.1 Å². The molecule has 3 aromatic carbocycles. The van der Waals surface area contributed by atoms with Crippen LogP contribution in [0.25, 0.3) is 6.08 Å². The molecule has 33 heavy (non-hydrogen) atoms. The van der Waals surface area contributed by atoms with Crippen LogP contribution in [0.4, 0.5) is 5.69 Å². The summed E-state index contributed by atoms with van der Waals surface area (Å²) in [6.45, 7) is 2.85. The lowest BCUT2D eigenvalue weighted by molar-refractivity contribution is -0.113. The van der Waals surface area contributed by atoms with Crippen molar-refractivity contribution >= 4 is 84.5 Å². The molecular formula is C25H19BrINO3S2. The maximum absolute atomic E-state index is 13.1. The molecule has 4 nitrogen and oxygen atoms in total. The number of benzene rings is 3. The highest BCUT2D eigenvalue weighted by Gasteiger charge is 2.33. The number of hydrogen-bond acceptors (Lipinski definition) is 5. The topological polar surface area (TPSA) is 38.8 Å². The molecule has 1 aliphatic heterocycles. The molecule has 1 amide bonds. The van der Waals surface area contributed by atoms with Crippen molar-refractivity contribution in [1.82, 2.24) is 0 Å². The molecule has 0 bridgehead atoms. The Hall–Kier alpha value is -1.88. The molecule has 0 unspecified atom stereocenters. The Morgan fingerprint density at radius 2 is 1.76 bits per heavy atom. The van der Waals surface area contributed by atoms with E-state index in [-0.39, 0.29) is 5.91 Å². The summed E-state index contributed by atoms with van der Waals surface area (Å²) in [7, 11) is 0. The summed E-state index contributed by atoms with van der Waals surface area (Å²) in [5.74, 6) is 1.12. The summed E-state index contributed by atoms with van der Waals surface area (Å²) in [6.07, 6.45) is 1.83. The largest absolute Gasteiger partial charge is 0.490 e. The minimum atomic E-state index is -0.139.